The Morgan fingerprint density at radius 3 is 2.39 bits per heavy atom. The van der Waals surface area contributed by atoms with Crippen LogP contribution in [0.1, 0.15) is 26.7 Å². The van der Waals surface area contributed by atoms with Crippen LogP contribution >= 0.6 is 34.8 Å². The number of hydrogen-bond acceptors (Lipinski definition) is 2. The van der Waals surface area contributed by atoms with Crippen LogP contribution in [0.5, 0.6) is 5.75 Å². The zero-order chi connectivity index (χ0) is 13.8. The van der Waals surface area contributed by atoms with Gasteiger partial charge in [0.05, 0.1) is 33.2 Å². The zero-order valence-electron chi connectivity index (χ0n) is 10.3. The highest BCUT2D eigenvalue weighted by Crippen LogP contribution is 2.34. The Morgan fingerprint density at radius 2 is 1.78 bits per heavy atom. The van der Waals surface area contributed by atoms with Crippen molar-refractivity contribution in [2.75, 3.05) is 6.61 Å². The van der Waals surface area contributed by atoms with Gasteiger partial charge in [0.2, 0.25) is 0 Å². The second-order valence-corrected chi connectivity index (χ2v) is 5.87. The molecular formula is C13H14Cl3NO. The van der Waals surface area contributed by atoms with E-state index in [1.165, 1.54) is 0 Å². The first-order valence-electron chi connectivity index (χ1n) is 5.54. The summed E-state index contributed by atoms with van der Waals surface area (Å²) in [5, 5.41) is 10.1. The van der Waals surface area contributed by atoms with Crippen molar-refractivity contribution in [3.8, 4) is 11.8 Å². The lowest BCUT2D eigenvalue weighted by Gasteiger charge is -2.15. The molecule has 98 valence electrons. The summed E-state index contributed by atoms with van der Waals surface area (Å²) in [5.41, 5.74) is -0.329. The molecule has 2 nitrogen and oxygen atoms in total. The van der Waals surface area contributed by atoms with Gasteiger partial charge >= 0.3 is 0 Å². The van der Waals surface area contributed by atoms with Crippen LogP contribution < -0.4 is 4.74 Å². The summed E-state index contributed by atoms with van der Waals surface area (Å²) in [7, 11) is 0. The number of nitriles is 1. The van der Waals surface area contributed by atoms with Crippen LogP contribution in [0.2, 0.25) is 15.1 Å². The molecule has 1 rings (SSSR count). The van der Waals surface area contributed by atoms with Gasteiger partial charge in [0.25, 0.3) is 0 Å². The van der Waals surface area contributed by atoms with Crippen molar-refractivity contribution in [1.29, 1.82) is 5.26 Å². The highest BCUT2D eigenvalue weighted by molar-refractivity contribution is 6.43. The molecule has 5 heteroatoms. The molecule has 1 aromatic rings. The molecule has 0 aliphatic heterocycles. The molecular weight excluding hydrogens is 293 g/mol. The van der Waals surface area contributed by atoms with Crippen molar-refractivity contribution in [3.05, 3.63) is 27.2 Å². The first-order chi connectivity index (χ1) is 8.35. The van der Waals surface area contributed by atoms with Gasteiger partial charge in [-0.3, -0.25) is 0 Å². The zero-order valence-corrected chi connectivity index (χ0v) is 12.5. The first kappa shape index (κ1) is 15.4. The molecule has 0 N–H and O–H groups in total. The number of hydrogen-bond donors (Lipinski definition) is 0. The third-order valence-corrected chi connectivity index (χ3v) is 3.50. The average molecular weight is 307 g/mol. The minimum Gasteiger partial charge on any atom is -0.492 e. The van der Waals surface area contributed by atoms with E-state index in [9.17, 15) is 0 Å². The summed E-state index contributed by atoms with van der Waals surface area (Å²) in [6.45, 7) is 4.29. The van der Waals surface area contributed by atoms with Crippen molar-refractivity contribution in [3.63, 3.8) is 0 Å². The molecule has 0 fully saturated rings. The minimum atomic E-state index is -0.329. The Labute approximate surface area is 122 Å². The van der Waals surface area contributed by atoms with E-state index in [0.717, 1.165) is 12.8 Å². The van der Waals surface area contributed by atoms with Crippen molar-refractivity contribution in [2.45, 2.75) is 26.7 Å². The molecule has 0 aliphatic rings. The highest BCUT2D eigenvalue weighted by Gasteiger charge is 2.16. The van der Waals surface area contributed by atoms with E-state index in [1.54, 1.807) is 12.1 Å². The predicted molar refractivity (Wildman–Crippen MR) is 75.6 cm³/mol. The van der Waals surface area contributed by atoms with Crippen LogP contribution in [-0.2, 0) is 0 Å². The van der Waals surface area contributed by atoms with Crippen LogP contribution in [0.3, 0.4) is 0 Å². The molecule has 0 heterocycles. The van der Waals surface area contributed by atoms with Crippen molar-refractivity contribution in [2.24, 2.45) is 5.41 Å². The van der Waals surface area contributed by atoms with Gasteiger partial charge in [0.1, 0.15) is 5.75 Å². The maximum Gasteiger partial charge on any atom is 0.139 e. The Kier molecular flexibility index (Phi) is 5.59. The molecule has 0 amide bonds. The predicted octanol–water partition coefficient (Wildman–Crippen LogP) is 5.36. The van der Waals surface area contributed by atoms with Gasteiger partial charge < -0.3 is 4.74 Å². The van der Waals surface area contributed by atoms with E-state index in [2.05, 4.69) is 6.07 Å². The fourth-order valence-corrected chi connectivity index (χ4v) is 1.96. The van der Waals surface area contributed by atoms with Gasteiger partial charge in [0, 0.05) is 6.07 Å². The summed E-state index contributed by atoms with van der Waals surface area (Å²) < 4.78 is 5.53. The molecule has 0 aromatic heterocycles. The Balaban J connectivity index is 2.50. The van der Waals surface area contributed by atoms with E-state index in [-0.39, 0.29) is 5.41 Å². The number of benzene rings is 1. The van der Waals surface area contributed by atoms with Crippen LogP contribution in [-0.4, -0.2) is 6.61 Å². The fraction of sp³-hybridized carbons (Fsp3) is 0.462. The number of ether oxygens (including phenoxy) is 1. The Morgan fingerprint density at radius 1 is 1.17 bits per heavy atom. The third kappa shape index (κ3) is 4.57. The highest BCUT2D eigenvalue weighted by atomic mass is 35.5. The summed E-state index contributed by atoms with van der Waals surface area (Å²) in [4.78, 5) is 0. The largest absolute Gasteiger partial charge is 0.492 e. The molecule has 1 aromatic carbocycles. The quantitative estimate of drug-likeness (QED) is 0.542. The smallest absolute Gasteiger partial charge is 0.139 e. The Bertz CT molecular complexity index is 466. The second kappa shape index (κ2) is 6.52. The SMILES string of the molecule is CC(C)(C#N)CCCOc1cc(Cl)c(Cl)cc1Cl. The van der Waals surface area contributed by atoms with Gasteiger partial charge in [-0.1, -0.05) is 34.8 Å². The van der Waals surface area contributed by atoms with E-state index in [0.29, 0.717) is 27.4 Å². The third-order valence-electron chi connectivity index (χ3n) is 2.48. The summed E-state index contributed by atoms with van der Waals surface area (Å²) >= 11 is 17.7. The lowest BCUT2D eigenvalue weighted by molar-refractivity contribution is 0.284. The number of rotatable bonds is 5. The van der Waals surface area contributed by atoms with E-state index < -0.39 is 0 Å². The molecule has 18 heavy (non-hydrogen) atoms. The molecule has 0 spiro atoms. The summed E-state index contributed by atoms with van der Waals surface area (Å²) in [5.74, 6) is 0.515. The lowest BCUT2D eigenvalue weighted by atomic mass is 9.90. The van der Waals surface area contributed by atoms with E-state index in [4.69, 9.17) is 44.8 Å². The van der Waals surface area contributed by atoms with E-state index in [1.807, 2.05) is 13.8 Å². The van der Waals surface area contributed by atoms with Gasteiger partial charge in [-0.05, 0) is 32.8 Å². The monoisotopic (exact) mass is 305 g/mol. The van der Waals surface area contributed by atoms with Crippen molar-refractivity contribution in [1.82, 2.24) is 0 Å². The molecule has 0 unspecified atom stereocenters. The molecule has 0 bridgehead atoms. The minimum absolute atomic E-state index is 0.329. The maximum atomic E-state index is 8.88. The van der Waals surface area contributed by atoms with Crippen molar-refractivity contribution < 1.29 is 4.74 Å². The average Bonchev–Trinajstić information content (AvgIpc) is 2.31. The summed E-state index contributed by atoms with van der Waals surface area (Å²) in [6.07, 6.45) is 1.54. The standard InChI is InChI=1S/C13H14Cl3NO/c1-13(2,8-17)4-3-5-18-12-7-10(15)9(14)6-11(12)16/h6-7H,3-5H2,1-2H3. The van der Waals surface area contributed by atoms with Crippen LogP contribution in [0.15, 0.2) is 12.1 Å². The number of nitrogens with zero attached hydrogens (tertiary/aromatic N) is 1. The van der Waals surface area contributed by atoms with Gasteiger partial charge in [-0.25, -0.2) is 0 Å². The molecule has 0 radical (unpaired) electrons. The fourth-order valence-electron chi connectivity index (χ4n) is 1.37. The summed E-state index contributed by atoms with van der Waals surface area (Å²) in [6, 6.07) is 5.40. The maximum absolute atomic E-state index is 8.88. The lowest BCUT2D eigenvalue weighted by Crippen LogP contribution is -2.10. The van der Waals surface area contributed by atoms with Gasteiger partial charge in [-0.15, -0.1) is 0 Å². The van der Waals surface area contributed by atoms with Gasteiger partial charge in [0.15, 0.2) is 0 Å². The van der Waals surface area contributed by atoms with E-state index >= 15 is 0 Å². The number of halogens is 3. The molecule has 0 atom stereocenters. The molecule has 0 saturated carbocycles. The normalized spacial score (nSPS) is 11.1. The van der Waals surface area contributed by atoms with Crippen LogP contribution in [0.4, 0.5) is 0 Å². The van der Waals surface area contributed by atoms with Crippen LogP contribution in [0, 0.1) is 16.7 Å². The molecule has 0 saturated heterocycles. The van der Waals surface area contributed by atoms with Crippen molar-refractivity contribution >= 4 is 34.8 Å². The molecule has 0 aliphatic carbocycles. The second-order valence-electron chi connectivity index (χ2n) is 4.64. The van der Waals surface area contributed by atoms with Gasteiger partial charge in [-0.2, -0.15) is 5.26 Å². The topological polar surface area (TPSA) is 33.0 Å². The van der Waals surface area contributed by atoms with Crippen LogP contribution in [0.25, 0.3) is 0 Å². The Hall–Kier alpha value is -0.620. The first-order valence-corrected chi connectivity index (χ1v) is 6.68.